The Morgan fingerprint density at radius 3 is 2.85 bits per heavy atom. The minimum atomic E-state index is -0.903. The Balaban J connectivity index is 2.12. The summed E-state index contributed by atoms with van der Waals surface area (Å²) >= 11 is 3.37. The maximum atomic E-state index is 12.4. The lowest BCUT2D eigenvalue weighted by molar-refractivity contribution is -0.154. The van der Waals surface area contributed by atoms with Crippen LogP contribution < -0.4 is 0 Å². The van der Waals surface area contributed by atoms with Crippen LogP contribution in [0.5, 0.6) is 0 Å². The van der Waals surface area contributed by atoms with E-state index in [2.05, 4.69) is 15.9 Å². The van der Waals surface area contributed by atoms with Gasteiger partial charge in [0.1, 0.15) is 6.04 Å². The number of nitrogens with zero attached hydrogens (tertiary/aromatic N) is 1. The standard InChI is InChI=1S/C15H18BrNO3/c1-10-4-3-7-17(14(10)15(19)20)13(18)9-11-5-2-6-12(16)8-11/h2,5-6,8,10,14H,3-4,7,9H2,1H3,(H,19,20). The van der Waals surface area contributed by atoms with Gasteiger partial charge in [-0.1, -0.05) is 35.0 Å². The Hall–Kier alpha value is -1.36. The highest BCUT2D eigenvalue weighted by Gasteiger charge is 2.36. The number of rotatable bonds is 3. The number of hydrogen-bond donors (Lipinski definition) is 1. The van der Waals surface area contributed by atoms with Gasteiger partial charge >= 0.3 is 5.97 Å². The monoisotopic (exact) mass is 339 g/mol. The number of hydrogen-bond acceptors (Lipinski definition) is 2. The van der Waals surface area contributed by atoms with Gasteiger partial charge < -0.3 is 10.0 Å². The zero-order chi connectivity index (χ0) is 14.7. The first kappa shape index (κ1) is 15.0. The smallest absolute Gasteiger partial charge is 0.326 e. The molecule has 0 spiro atoms. The van der Waals surface area contributed by atoms with E-state index in [0.717, 1.165) is 22.9 Å². The van der Waals surface area contributed by atoms with Crippen molar-refractivity contribution in [3.63, 3.8) is 0 Å². The molecule has 1 aromatic carbocycles. The van der Waals surface area contributed by atoms with Crippen LogP contribution in [0.25, 0.3) is 0 Å². The normalized spacial score (nSPS) is 22.6. The fraction of sp³-hybridized carbons (Fsp3) is 0.467. The summed E-state index contributed by atoms with van der Waals surface area (Å²) < 4.78 is 0.921. The molecule has 1 aliphatic rings. The molecule has 0 aromatic heterocycles. The van der Waals surface area contributed by atoms with Gasteiger partial charge in [-0.05, 0) is 36.5 Å². The second-order valence-corrected chi connectivity index (χ2v) is 6.21. The van der Waals surface area contributed by atoms with Crippen LogP contribution in [0.2, 0.25) is 0 Å². The first-order valence-electron chi connectivity index (χ1n) is 6.75. The number of carboxylic acids is 1. The molecule has 1 N–H and O–H groups in total. The van der Waals surface area contributed by atoms with Crippen LogP contribution >= 0.6 is 15.9 Å². The predicted octanol–water partition coefficient (Wildman–Crippen LogP) is 2.70. The van der Waals surface area contributed by atoms with Crippen molar-refractivity contribution in [1.82, 2.24) is 4.90 Å². The van der Waals surface area contributed by atoms with Crippen molar-refractivity contribution in [1.29, 1.82) is 0 Å². The second kappa shape index (κ2) is 6.39. The Morgan fingerprint density at radius 2 is 2.20 bits per heavy atom. The molecule has 108 valence electrons. The van der Waals surface area contributed by atoms with Crippen LogP contribution in [0, 0.1) is 5.92 Å². The van der Waals surface area contributed by atoms with E-state index in [0.29, 0.717) is 6.54 Å². The van der Waals surface area contributed by atoms with Gasteiger partial charge in [0.25, 0.3) is 0 Å². The Kier molecular flexibility index (Phi) is 4.81. The molecule has 1 amide bonds. The summed E-state index contributed by atoms with van der Waals surface area (Å²) in [6.45, 7) is 2.44. The summed E-state index contributed by atoms with van der Waals surface area (Å²) in [4.78, 5) is 25.3. The summed E-state index contributed by atoms with van der Waals surface area (Å²) in [5.41, 5.74) is 0.895. The summed E-state index contributed by atoms with van der Waals surface area (Å²) in [6.07, 6.45) is 1.97. The molecule has 20 heavy (non-hydrogen) atoms. The van der Waals surface area contributed by atoms with Crippen molar-refractivity contribution in [2.45, 2.75) is 32.2 Å². The lowest BCUT2D eigenvalue weighted by Crippen LogP contribution is -2.52. The minimum absolute atomic E-state index is 0.00714. The molecule has 4 nitrogen and oxygen atoms in total. The zero-order valence-electron chi connectivity index (χ0n) is 11.4. The Morgan fingerprint density at radius 1 is 1.45 bits per heavy atom. The third kappa shape index (κ3) is 3.39. The summed E-state index contributed by atoms with van der Waals surface area (Å²) in [7, 11) is 0. The number of benzene rings is 1. The lowest BCUT2D eigenvalue weighted by atomic mass is 9.90. The molecule has 0 saturated carbocycles. The average Bonchev–Trinajstić information content (AvgIpc) is 2.37. The lowest BCUT2D eigenvalue weighted by Gasteiger charge is -2.37. The number of carbonyl (C=O) groups excluding carboxylic acids is 1. The molecule has 1 saturated heterocycles. The third-order valence-electron chi connectivity index (χ3n) is 3.75. The van der Waals surface area contributed by atoms with Gasteiger partial charge in [0, 0.05) is 11.0 Å². The largest absolute Gasteiger partial charge is 0.480 e. The van der Waals surface area contributed by atoms with Crippen molar-refractivity contribution in [2.24, 2.45) is 5.92 Å². The van der Waals surface area contributed by atoms with Gasteiger partial charge in [0.05, 0.1) is 6.42 Å². The van der Waals surface area contributed by atoms with Gasteiger partial charge in [0.15, 0.2) is 0 Å². The minimum Gasteiger partial charge on any atom is -0.480 e. The van der Waals surface area contributed by atoms with Crippen LogP contribution in [0.3, 0.4) is 0 Å². The molecule has 1 aliphatic heterocycles. The third-order valence-corrected chi connectivity index (χ3v) is 4.24. The molecular weight excluding hydrogens is 322 g/mol. The van der Waals surface area contributed by atoms with Crippen molar-refractivity contribution >= 4 is 27.8 Å². The van der Waals surface area contributed by atoms with Crippen molar-refractivity contribution < 1.29 is 14.7 Å². The molecule has 1 fully saturated rings. The van der Waals surface area contributed by atoms with E-state index < -0.39 is 12.0 Å². The number of halogens is 1. The second-order valence-electron chi connectivity index (χ2n) is 5.30. The average molecular weight is 340 g/mol. The summed E-state index contributed by atoms with van der Waals surface area (Å²) in [5, 5.41) is 9.34. The molecular formula is C15H18BrNO3. The van der Waals surface area contributed by atoms with E-state index in [1.54, 1.807) is 0 Å². The van der Waals surface area contributed by atoms with Crippen LogP contribution in [-0.4, -0.2) is 34.5 Å². The molecule has 5 heteroatoms. The number of amides is 1. The first-order valence-corrected chi connectivity index (χ1v) is 7.55. The van der Waals surface area contributed by atoms with Gasteiger partial charge in [-0.3, -0.25) is 4.79 Å². The fourth-order valence-electron chi connectivity index (χ4n) is 2.77. The highest BCUT2D eigenvalue weighted by Crippen LogP contribution is 2.24. The van der Waals surface area contributed by atoms with E-state index in [1.165, 1.54) is 4.90 Å². The molecule has 0 bridgehead atoms. The molecule has 2 unspecified atom stereocenters. The number of carboxylic acid groups (broad SMARTS) is 1. The maximum absolute atomic E-state index is 12.4. The van der Waals surface area contributed by atoms with Gasteiger partial charge in [0.2, 0.25) is 5.91 Å². The molecule has 1 aromatic rings. The maximum Gasteiger partial charge on any atom is 0.326 e. The SMILES string of the molecule is CC1CCCN(C(=O)Cc2cccc(Br)c2)C1C(=O)O. The first-order chi connectivity index (χ1) is 9.49. The summed E-state index contributed by atoms with van der Waals surface area (Å²) in [6, 6.07) is 6.85. The number of carbonyl (C=O) groups is 2. The van der Waals surface area contributed by atoms with Crippen molar-refractivity contribution in [3.05, 3.63) is 34.3 Å². The highest BCUT2D eigenvalue weighted by molar-refractivity contribution is 9.10. The van der Waals surface area contributed by atoms with Crippen LogP contribution in [0.1, 0.15) is 25.3 Å². The number of likely N-dealkylation sites (tertiary alicyclic amines) is 1. The Bertz CT molecular complexity index is 518. The van der Waals surface area contributed by atoms with E-state index in [-0.39, 0.29) is 18.2 Å². The van der Waals surface area contributed by atoms with E-state index in [9.17, 15) is 14.7 Å². The quantitative estimate of drug-likeness (QED) is 0.920. The topological polar surface area (TPSA) is 57.6 Å². The van der Waals surface area contributed by atoms with Crippen molar-refractivity contribution in [2.75, 3.05) is 6.54 Å². The van der Waals surface area contributed by atoms with E-state index in [4.69, 9.17) is 0 Å². The highest BCUT2D eigenvalue weighted by atomic mass is 79.9. The Labute approximate surface area is 126 Å². The molecule has 2 rings (SSSR count). The molecule has 2 atom stereocenters. The zero-order valence-corrected chi connectivity index (χ0v) is 13.0. The van der Waals surface area contributed by atoms with Gasteiger partial charge in [-0.15, -0.1) is 0 Å². The fourth-order valence-corrected chi connectivity index (χ4v) is 3.21. The van der Waals surface area contributed by atoms with E-state index in [1.807, 2.05) is 31.2 Å². The number of aliphatic carboxylic acids is 1. The molecule has 0 aliphatic carbocycles. The number of piperidine rings is 1. The van der Waals surface area contributed by atoms with Crippen molar-refractivity contribution in [3.8, 4) is 0 Å². The molecule has 1 heterocycles. The van der Waals surface area contributed by atoms with E-state index >= 15 is 0 Å². The van der Waals surface area contributed by atoms with Crippen LogP contribution in [-0.2, 0) is 16.0 Å². The van der Waals surface area contributed by atoms with Gasteiger partial charge in [-0.25, -0.2) is 4.79 Å². The predicted molar refractivity (Wildman–Crippen MR) is 79.4 cm³/mol. The molecule has 0 radical (unpaired) electrons. The van der Waals surface area contributed by atoms with Crippen LogP contribution in [0.4, 0.5) is 0 Å². The van der Waals surface area contributed by atoms with Crippen LogP contribution in [0.15, 0.2) is 28.7 Å². The van der Waals surface area contributed by atoms with Gasteiger partial charge in [-0.2, -0.15) is 0 Å². The summed E-state index contributed by atoms with van der Waals surface area (Å²) in [5.74, 6) is -1.01.